The SMILES string of the molecule is CC(C)(C)C1CCN(C(C)(C)CCC(C)(CSS)C2CC3COCC(C2)N3C(C)(C)C)CC1. The zero-order valence-electron chi connectivity index (χ0n) is 23.2. The van der Waals surface area contributed by atoms with Gasteiger partial charge in [0.1, 0.15) is 0 Å². The van der Waals surface area contributed by atoms with E-state index in [1.54, 1.807) is 10.8 Å². The van der Waals surface area contributed by atoms with Gasteiger partial charge < -0.3 is 4.74 Å². The third kappa shape index (κ3) is 6.67. The fourth-order valence-corrected chi connectivity index (χ4v) is 8.78. The summed E-state index contributed by atoms with van der Waals surface area (Å²) in [6, 6.07) is 1.13. The standard InChI is InChI=1S/C28H54N2OS2/c1-25(2,3)21-10-14-29(15-11-21)27(7,8)12-13-28(9,20-33-32)22-16-23-18-31-19-24(17-22)30(23)26(4,5)6/h21-24,32H,10-20H2,1-9H3. The first kappa shape index (κ1) is 28.2. The molecule has 5 heteroatoms. The van der Waals surface area contributed by atoms with Crippen molar-refractivity contribution in [1.29, 1.82) is 0 Å². The molecule has 3 nitrogen and oxygen atoms in total. The van der Waals surface area contributed by atoms with E-state index in [-0.39, 0.29) is 11.1 Å². The minimum atomic E-state index is 0.222. The van der Waals surface area contributed by atoms with Gasteiger partial charge in [-0.25, -0.2) is 0 Å². The molecule has 3 saturated heterocycles. The summed E-state index contributed by atoms with van der Waals surface area (Å²) in [7, 11) is 1.76. The molecule has 0 aromatic heterocycles. The number of hydrogen-bond acceptors (Lipinski definition) is 5. The fourth-order valence-electron chi connectivity index (χ4n) is 7.22. The van der Waals surface area contributed by atoms with Crippen LogP contribution >= 0.6 is 22.5 Å². The van der Waals surface area contributed by atoms with Crippen LogP contribution in [0.15, 0.2) is 0 Å². The van der Waals surface area contributed by atoms with E-state index in [1.165, 1.54) is 51.6 Å². The van der Waals surface area contributed by atoms with Gasteiger partial charge in [-0.2, -0.15) is 0 Å². The highest BCUT2D eigenvalue weighted by Crippen LogP contribution is 2.49. The van der Waals surface area contributed by atoms with E-state index in [0.29, 0.717) is 22.9 Å². The molecule has 0 N–H and O–H groups in total. The highest BCUT2D eigenvalue weighted by molar-refractivity contribution is 8.68. The van der Waals surface area contributed by atoms with E-state index in [1.807, 2.05) is 0 Å². The smallest absolute Gasteiger partial charge is 0.0623 e. The van der Waals surface area contributed by atoms with E-state index in [0.717, 1.165) is 30.8 Å². The molecular weight excluding hydrogens is 444 g/mol. The second-order valence-corrected chi connectivity index (χ2v) is 15.8. The molecule has 3 aliphatic rings. The van der Waals surface area contributed by atoms with Gasteiger partial charge in [-0.15, -0.1) is 11.7 Å². The Morgan fingerprint density at radius 2 is 1.36 bits per heavy atom. The van der Waals surface area contributed by atoms with Crippen molar-refractivity contribution in [2.24, 2.45) is 22.7 Å². The maximum Gasteiger partial charge on any atom is 0.0623 e. The van der Waals surface area contributed by atoms with Gasteiger partial charge in [0.2, 0.25) is 0 Å². The van der Waals surface area contributed by atoms with Crippen molar-refractivity contribution >= 4 is 22.5 Å². The molecule has 0 spiro atoms. The van der Waals surface area contributed by atoms with Crippen LogP contribution in [0, 0.1) is 22.7 Å². The van der Waals surface area contributed by atoms with Crippen LogP contribution in [0.25, 0.3) is 0 Å². The van der Waals surface area contributed by atoms with Crippen molar-refractivity contribution in [3.05, 3.63) is 0 Å². The molecule has 0 amide bonds. The number of piperidine rings is 2. The maximum absolute atomic E-state index is 6.04. The zero-order valence-corrected chi connectivity index (χ0v) is 25.0. The van der Waals surface area contributed by atoms with Gasteiger partial charge in [0.05, 0.1) is 13.2 Å². The van der Waals surface area contributed by atoms with Gasteiger partial charge in [-0.05, 0) is 109 Å². The Balaban J connectivity index is 1.65. The second kappa shape index (κ2) is 10.5. The van der Waals surface area contributed by atoms with E-state index in [4.69, 9.17) is 4.74 Å². The number of hydrogen-bond donors (Lipinski definition) is 1. The summed E-state index contributed by atoms with van der Waals surface area (Å²) in [6.07, 6.45) is 7.83. The number of morpholine rings is 1. The van der Waals surface area contributed by atoms with E-state index >= 15 is 0 Å². The van der Waals surface area contributed by atoms with E-state index in [9.17, 15) is 0 Å². The predicted molar refractivity (Wildman–Crippen MR) is 149 cm³/mol. The Hall–Kier alpha value is 0.580. The van der Waals surface area contributed by atoms with Crippen LogP contribution in [0.5, 0.6) is 0 Å². The molecule has 0 aromatic carbocycles. The first-order valence-corrected chi connectivity index (χ1v) is 15.6. The number of likely N-dealkylation sites (tertiary alicyclic amines) is 1. The number of thiol groups is 1. The third-order valence-corrected chi connectivity index (χ3v) is 10.7. The Bertz CT molecular complexity index is 619. The second-order valence-electron chi connectivity index (χ2n) is 14.5. The quantitative estimate of drug-likeness (QED) is 0.296. The number of rotatable bonds is 7. The highest BCUT2D eigenvalue weighted by atomic mass is 33.1. The van der Waals surface area contributed by atoms with Crippen molar-refractivity contribution in [1.82, 2.24) is 9.80 Å². The van der Waals surface area contributed by atoms with Crippen LogP contribution < -0.4 is 0 Å². The van der Waals surface area contributed by atoms with Gasteiger partial charge >= 0.3 is 0 Å². The zero-order chi connectivity index (χ0) is 24.7. The maximum atomic E-state index is 6.04. The van der Waals surface area contributed by atoms with Gasteiger partial charge in [0.25, 0.3) is 0 Å². The lowest BCUT2D eigenvalue weighted by Gasteiger charge is -2.57. The summed E-state index contributed by atoms with van der Waals surface area (Å²) in [4.78, 5) is 5.58. The summed E-state index contributed by atoms with van der Waals surface area (Å²) < 4.78 is 6.04. The number of nitrogens with zero attached hydrogens (tertiary/aromatic N) is 2. The van der Waals surface area contributed by atoms with Crippen LogP contribution in [0.4, 0.5) is 0 Å². The Morgan fingerprint density at radius 3 is 1.82 bits per heavy atom. The first-order valence-electron chi connectivity index (χ1n) is 13.5. The number of fused-ring (bicyclic) bond motifs is 2. The van der Waals surface area contributed by atoms with Crippen molar-refractivity contribution in [3.63, 3.8) is 0 Å². The van der Waals surface area contributed by atoms with Gasteiger partial charge in [0.15, 0.2) is 0 Å². The fraction of sp³-hybridized carbons (Fsp3) is 1.00. The minimum absolute atomic E-state index is 0.222. The van der Waals surface area contributed by atoms with Crippen LogP contribution in [0.1, 0.15) is 101 Å². The average molecular weight is 499 g/mol. The minimum Gasteiger partial charge on any atom is -0.378 e. The van der Waals surface area contributed by atoms with Crippen LogP contribution in [-0.2, 0) is 4.74 Å². The van der Waals surface area contributed by atoms with Gasteiger partial charge in [-0.3, -0.25) is 9.80 Å². The molecule has 0 aliphatic carbocycles. The summed E-state index contributed by atoms with van der Waals surface area (Å²) in [6.45, 7) is 26.3. The molecule has 33 heavy (non-hydrogen) atoms. The molecule has 3 unspecified atom stereocenters. The van der Waals surface area contributed by atoms with Gasteiger partial charge in [0, 0.05) is 28.9 Å². The van der Waals surface area contributed by atoms with Crippen LogP contribution in [0.2, 0.25) is 0 Å². The lowest BCUT2D eigenvalue weighted by molar-refractivity contribution is -0.137. The van der Waals surface area contributed by atoms with Crippen molar-refractivity contribution < 1.29 is 4.74 Å². The normalized spacial score (nSPS) is 30.9. The molecule has 3 heterocycles. The van der Waals surface area contributed by atoms with Crippen LogP contribution in [-0.4, -0.2) is 65.0 Å². The van der Waals surface area contributed by atoms with Gasteiger partial charge in [-0.1, -0.05) is 38.5 Å². The molecule has 3 aliphatic heterocycles. The molecular formula is C28H54N2OS2. The molecule has 3 fully saturated rings. The topological polar surface area (TPSA) is 15.7 Å². The predicted octanol–water partition coefficient (Wildman–Crippen LogP) is 7.17. The summed E-state index contributed by atoms with van der Waals surface area (Å²) >= 11 is 4.65. The molecule has 194 valence electrons. The Kier molecular flexibility index (Phi) is 8.97. The highest BCUT2D eigenvalue weighted by Gasteiger charge is 2.48. The average Bonchev–Trinajstić information content (AvgIpc) is 2.70. The number of ether oxygens (including phenoxy) is 1. The molecule has 2 bridgehead atoms. The van der Waals surface area contributed by atoms with E-state index < -0.39 is 0 Å². The lowest BCUT2D eigenvalue weighted by Crippen LogP contribution is -2.64. The molecule has 3 atom stereocenters. The Labute approximate surface area is 215 Å². The first-order chi connectivity index (χ1) is 15.2. The van der Waals surface area contributed by atoms with Crippen LogP contribution in [0.3, 0.4) is 0 Å². The van der Waals surface area contributed by atoms with Crippen molar-refractivity contribution in [3.8, 4) is 0 Å². The summed E-state index contributed by atoms with van der Waals surface area (Å²) in [5, 5.41) is 0. The molecule has 0 radical (unpaired) electrons. The van der Waals surface area contributed by atoms with Crippen molar-refractivity contribution in [2.75, 3.05) is 32.1 Å². The molecule has 3 rings (SSSR count). The molecule has 0 aromatic rings. The third-order valence-electron chi connectivity index (χ3n) is 9.56. The summed E-state index contributed by atoms with van der Waals surface area (Å²) in [5.41, 5.74) is 1.28. The van der Waals surface area contributed by atoms with E-state index in [2.05, 4.69) is 83.8 Å². The Morgan fingerprint density at radius 1 is 0.818 bits per heavy atom. The molecule has 0 saturated carbocycles. The monoisotopic (exact) mass is 498 g/mol. The summed E-state index contributed by atoms with van der Waals surface area (Å²) in [5.74, 6) is 2.78. The lowest BCUT2D eigenvalue weighted by atomic mass is 9.65. The van der Waals surface area contributed by atoms with Crippen molar-refractivity contribution in [2.45, 2.75) is 124 Å². The largest absolute Gasteiger partial charge is 0.378 e.